The third-order valence-electron chi connectivity index (χ3n) is 2.47. The molecule has 0 unspecified atom stereocenters. The van der Waals surface area contributed by atoms with Crippen molar-refractivity contribution in [2.24, 2.45) is 0 Å². The van der Waals surface area contributed by atoms with Crippen LogP contribution in [-0.2, 0) is 13.0 Å². The lowest BCUT2D eigenvalue weighted by Crippen LogP contribution is -2.15. The maximum absolute atomic E-state index is 12.7. The summed E-state index contributed by atoms with van der Waals surface area (Å²) < 4.78 is 12.7. The Morgan fingerprint density at radius 2 is 2.06 bits per heavy atom. The van der Waals surface area contributed by atoms with Crippen molar-refractivity contribution in [2.75, 3.05) is 6.54 Å². The van der Waals surface area contributed by atoms with E-state index in [0.717, 1.165) is 30.1 Å². The lowest BCUT2D eigenvalue weighted by Gasteiger charge is -2.03. The van der Waals surface area contributed by atoms with Gasteiger partial charge in [-0.25, -0.2) is 9.37 Å². The average Bonchev–Trinajstić information content (AvgIpc) is 2.73. The van der Waals surface area contributed by atoms with E-state index in [9.17, 15) is 4.39 Å². The second kappa shape index (κ2) is 5.89. The smallest absolute Gasteiger partial charge is 0.123 e. The second-order valence-corrected chi connectivity index (χ2v) is 5.22. The molecule has 0 saturated carbocycles. The minimum atomic E-state index is -0.179. The van der Waals surface area contributed by atoms with Gasteiger partial charge < -0.3 is 5.32 Å². The van der Waals surface area contributed by atoms with Crippen LogP contribution in [0.5, 0.6) is 0 Å². The van der Waals surface area contributed by atoms with Crippen LogP contribution in [0.15, 0.2) is 30.5 Å². The Balaban J connectivity index is 1.71. The molecule has 1 N–H and O–H groups in total. The molecule has 0 aliphatic heterocycles. The Morgan fingerprint density at radius 1 is 1.29 bits per heavy atom. The predicted molar refractivity (Wildman–Crippen MR) is 68.7 cm³/mol. The van der Waals surface area contributed by atoms with E-state index in [0.29, 0.717) is 0 Å². The van der Waals surface area contributed by atoms with Crippen molar-refractivity contribution in [2.45, 2.75) is 19.9 Å². The summed E-state index contributed by atoms with van der Waals surface area (Å²) in [7, 11) is 0. The molecule has 0 spiro atoms. The van der Waals surface area contributed by atoms with E-state index < -0.39 is 0 Å². The first-order chi connectivity index (χ1) is 8.24. The van der Waals surface area contributed by atoms with Gasteiger partial charge in [0.15, 0.2) is 0 Å². The average molecular weight is 250 g/mol. The van der Waals surface area contributed by atoms with Gasteiger partial charge in [0.2, 0.25) is 0 Å². The van der Waals surface area contributed by atoms with E-state index in [2.05, 4.69) is 10.3 Å². The van der Waals surface area contributed by atoms with Crippen molar-refractivity contribution < 1.29 is 4.39 Å². The van der Waals surface area contributed by atoms with Gasteiger partial charge in [0.1, 0.15) is 5.82 Å². The van der Waals surface area contributed by atoms with Crippen LogP contribution in [-0.4, -0.2) is 11.5 Å². The molecular weight excluding hydrogens is 235 g/mol. The molecule has 0 radical (unpaired) electrons. The Bertz CT molecular complexity index is 465. The molecule has 4 heteroatoms. The fourth-order valence-electron chi connectivity index (χ4n) is 1.58. The Morgan fingerprint density at radius 3 is 2.71 bits per heavy atom. The van der Waals surface area contributed by atoms with E-state index in [1.807, 2.05) is 25.3 Å². The first-order valence-corrected chi connectivity index (χ1v) is 6.42. The van der Waals surface area contributed by atoms with Crippen LogP contribution in [0, 0.1) is 12.7 Å². The van der Waals surface area contributed by atoms with Crippen LogP contribution >= 0.6 is 11.3 Å². The third kappa shape index (κ3) is 3.91. The molecule has 0 aliphatic carbocycles. The summed E-state index contributed by atoms with van der Waals surface area (Å²) in [5, 5.41) is 4.45. The van der Waals surface area contributed by atoms with Crippen LogP contribution in [0.3, 0.4) is 0 Å². The van der Waals surface area contributed by atoms with Gasteiger partial charge in [-0.1, -0.05) is 12.1 Å². The highest BCUT2D eigenvalue weighted by Crippen LogP contribution is 2.10. The van der Waals surface area contributed by atoms with Crippen molar-refractivity contribution in [3.05, 3.63) is 51.7 Å². The zero-order valence-corrected chi connectivity index (χ0v) is 10.6. The van der Waals surface area contributed by atoms with E-state index in [1.54, 1.807) is 11.3 Å². The zero-order chi connectivity index (χ0) is 12.1. The first kappa shape index (κ1) is 12.2. The van der Waals surface area contributed by atoms with Crippen molar-refractivity contribution >= 4 is 11.3 Å². The quantitative estimate of drug-likeness (QED) is 0.825. The molecule has 0 fully saturated rings. The standard InChI is InChI=1S/C13H15FN2S/c1-10-16-9-13(17-10)8-15-7-6-11-2-4-12(14)5-3-11/h2-5,9,15H,6-8H2,1H3. The number of nitrogens with one attached hydrogen (secondary N) is 1. The number of rotatable bonds is 5. The zero-order valence-electron chi connectivity index (χ0n) is 9.74. The molecule has 0 saturated heterocycles. The normalized spacial score (nSPS) is 10.7. The number of benzene rings is 1. The van der Waals surface area contributed by atoms with Crippen LogP contribution in [0.2, 0.25) is 0 Å². The molecule has 1 aromatic carbocycles. The van der Waals surface area contributed by atoms with Gasteiger partial charge in [0.25, 0.3) is 0 Å². The van der Waals surface area contributed by atoms with Crippen molar-refractivity contribution in [3.63, 3.8) is 0 Å². The highest BCUT2D eigenvalue weighted by Gasteiger charge is 1.98. The maximum atomic E-state index is 12.7. The summed E-state index contributed by atoms with van der Waals surface area (Å²) in [6.45, 7) is 3.75. The number of aromatic nitrogens is 1. The minimum absolute atomic E-state index is 0.179. The number of nitrogens with zero attached hydrogens (tertiary/aromatic N) is 1. The van der Waals surface area contributed by atoms with Gasteiger partial charge in [0.05, 0.1) is 5.01 Å². The lowest BCUT2D eigenvalue weighted by molar-refractivity contribution is 0.626. The number of aryl methyl sites for hydroxylation is 1. The largest absolute Gasteiger partial charge is 0.311 e. The number of hydrogen-bond acceptors (Lipinski definition) is 3. The molecule has 90 valence electrons. The molecule has 0 atom stereocenters. The number of thiazole rings is 1. The Kier molecular flexibility index (Phi) is 4.23. The lowest BCUT2D eigenvalue weighted by atomic mass is 10.1. The molecule has 0 bridgehead atoms. The van der Waals surface area contributed by atoms with Gasteiger partial charge in [0, 0.05) is 17.6 Å². The number of hydrogen-bond donors (Lipinski definition) is 1. The molecule has 1 aromatic heterocycles. The SMILES string of the molecule is Cc1ncc(CNCCc2ccc(F)cc2)s1. The van der Waals surface area contributed by atoms with E-state index in [4.69, 9.17) is 0 Å². The van der Waals surface area contributed by atoms with Gasteiger partial charge in [-0.05, 0) is 37.6 Å². The van der Waals surface area contributed by atoms with E-state index in [-0.39, 0.29) is 5.82 Å². The monoisotopic (exact) mass is 250 g/mol. The summed E-state index contributed by atoms with van der Waals surface area (Å²) in [6.07, 6.45) is 2.82. The van der Waals surface area contributed by atoms with Crippen LogP contribution in [0.25, 0.3) is 0 Å². The molecule has 2 rings (SSSR count). The van der Waals surface area contributed by atoms with Gasteiger partial charge in [-0.2, -0.15) is 0 Å². The van der Waals surface area contributed by atoms with Crippen LogP contribution in [0.1, 0.15) is 15.4 Å². The van der Waals surface area contributed by atoms with Crippen molar-refractivity contribution in [3.8, 4) is 0 Å². The van der Waals surface area contributed by atoms with Crippen LogP contribution < -0.4 is 5.32 Å². The molecule has 2 aromatic rings. The highest BCUT2D eigenvalue weighted by molar-refractivity contribution is 7.11. The predicted octanol–water partition coefficient (Wildman–Crippen LogP) is 2.92. The molecule has 17 heavy (non-hydrogen) atoms. The highest BCUT2D eigenvalue weighted by atomic mass is 32.1. The van der Waals surface area contributed by atoms with Gasteiger partial charge in [-0.15, -0.1) is 11.3 Å². The fourth-order valence-corrected chi connectivity index (χ4v) is 2.35. The summed E-state index contributed by atoms with van der Waals surface area (Å²) in [6, 6.07) is 6.66. The van der Waals surface area contributed by atoms with Crippen molar-refractivity contribution in [1.82, 2.24) is 10.3 Å². The Labute approximate surface area is 105 Å². The Hall–Kier alpha value is -1.26. The summed E-state index contributed by atoms with van der Waals surface area (Å²) in [4.78, 5) is 5.45. The van der Waals surface area contributed by atoms with Gasteiger partial charge >= 0.3 is 0 Å². The molecule has 2 nitrogen and oxygen atoms in total. The summed E-state index contributed by atoms with van der Waals surface area (Å²) in [5.74, 6) is -0.179. The summed E-state index contributed by atoms with van der Waals surface area (Å²) >= 11 is 1.71. The third-order valence-corrected chi connectivity index (χ3v) is 3.38. The molecule has 0 amide bonds. The molecule has 0 aliphatic rings. The minimum Gasteiger partial charge on any atom is -0.311 e. The number of halogens is 1. The van der Waals surface area contributed by atoms with Crippen LogP contribution in [0.4, 0.5) is 4.39 Å². The topological polar surface area (TPSA) is 24.9 Å². The second-order valence-electron chi connectivity index (χ2n) is 3.90. The first-order valence-electron chi connectivity index (χ1n) is 5.60. The molecular formula is C13H15FN2S. The molecule has 1 heterocycles. The fraction of sp³-hybridized carbons (Fsp3) is 0.308. The summed E-state index contributed by atoms with van der Waals surface area (Å²) in [5.41, 5.74) is 1.15. The van der Waals surface area contributed by atoms with Gasteiger partial charge in [-0.3, -0.25) is 0 Å². The van der Waals surface area contributed by atoms with Crippen molar-refractivity contribution in [1.29, 1.82) is 0 Å². The van der Waals surface area contributed by atoms with E-state index >= 15 is 0 Å². The van der Waals surface area contributed by atoms with E-state index in [1.165, 1.54) is 17.0 Å². The maximum Gasteiger partial charge on any atom is 0.123 e.